The van der Waals surface area contributed by atoms with E-state index in [2.05, 4.69) is 33.1 Å². The lowest BCUT2D eigenvalue weighted by atomic mass is 9.85. The Morgan fingerprint density at radius 1 is 1.19 bits per heavy atom. The summed E-state index contributed by atoms with van der Waals surface area (Å²) in [6.07, 6.45) is 5.13. The molecule has 2 bridgehead atoms. The second kappa shape index (κ2) is 7.32. The van der Waals surface area contributed by atoms with Gasteiger partial charge in [0.05, 0.1) is 17.3 Å². The van der Waals surface area contributed by atoms with Crippen LogP contribution in [-0.4, -0.2) is 62.3 Å². The molecule has 3 aliphatic rings. The molecule has 1 heterocycles. The third-order valence-corrected chi connectivity index (χ3v) is 5.95. The van der Waals surface area contributed by atoms with E-state index in [0.717, 1.165) is 6.42 Å². The Hall–Kier alpha value is -2.38. The summed E-state index contributed by atoms with van der Waals surface area (Å²) < 4.78 is 0. The fraction of sp³-hybridized carbons (Fsp3) is 0.684. The van der Waals surface area contributed by atoms with Gasteiger partial charge in [0, 0.05) is 33.7 Å². The molecule has 8 heteroatoms. The summed E-state index contributed by atoms with van der Waals surface area (Å²) in [4.78, 5) is 42.7. The number of nitrogens with zero attached hydrogens (tertiary/aromatic N) is 2. The molecular formula is C19H29N5O3. The van der Waals surface area contributed by atoms with Gasteiger partial charge in [-0.3, -0.25) is 24.3 Å². The molecule has 0 aromatic rings. The van der Waals surface area contributed by atoms with Gasteiger partial charge in [0.15, 0.2) is 5.96 Å². The average Bonchev–Trinajstić information content (AvgIpc) is 3.32. The van der Waals surface area contributed by atoms with Gasteiger partial charge in [0.25, 0.3) is 0 Å². The Morgan fingerprint density at radius 3 is 2.30 bits per heavy atom. The van der Waals surface area contributed by atoms with Crippen LogP contribution in [0.1, 0.15) is 20.3 Å². The first-order valence-electron chi connectivity index (χ1n) is 9.50. The van der Waals surface area contributed by atoms with Crippen LogP contribution < -0.4 is 16.0 Å². The Labute approximate surface area is 159 Å². The summed E-state index contributed by atoms with van der Waals surface area (Å²) >= 11 is 0. The van der Waals surface area contributed by atoms with Crippen molar-refractivity contribution in [2.75, 3.05) is 33.7 Å². The topological polar surface area (TPSA) is 103 Å². The minimum Gasteiger partial charge on any atom is -0.359 e. The van der Waals surface area contributed by atoms with Crippen molar-refractivity contribution in [2.45, 2.75) is 20.3 Å². The maximum absolute atomic E-state index is 12.7. The van der Waals surface area contributed by atoms with Gasteiger partial charge in [-0.2, -0.15) is 0 Å². The van der Waals surface area contributed by atoms with Crippen molar-refractivity contribution in [1.29, 1.82) is 0 Å². The first-order valence-corrected chi connectivity index (χ1v) is 9.50. The normalized spacial score (nSPS) is 29.3. The lowest BCUT2D eigenvalue weighted by Gasteiger charge is -2.24. The maximum atomic E-state index is 12.7. The fourth-order valence-corrected chi connectivity index (χ4v) is 4.41. The number of likely N-dealkylation sites (tertiary alicyclic amines) is 1. The summed E-state index contributed by atoms with van der Waals surface area (Å²) in [5.74, 6) is 0.560. The zero-order valence-corrected chi connectivity index (χ0v) is 16.4. The number of fused-ring (bicyclic) bond motifs is 5. The number of carbonyl (C=O) groups is 3. The molecule has 0 radical (unpaired) electrons. The number of nitrogens with one attached hydrogen (secondary N) is 3. The lowest BCUT2D eigenvalue weighted by Crippen LogP contribution is -2.48. The smallest absolute Gasteiger partial charge is 0.233 e. The molecule has 4 unspecified atom stereocenters. The van der Waals surface area contributed by atoms with E-state index in [1.807, 2.05) is 13.8 Å². The number of hydrogen-bond donors (Lipinski definition) is 3. The van der Waals surface area contributed by atoms with Crippen LogP contribution in [0.15, 0.2) is 17.1 Å². The van der Waals surface area contributed by atoms with Gasteiger partial charge in [-0.1, -0.05) is 12.2 Å². The highest BCUT2D eigenvalue weighted by atomic mass is 16.2. The van der Waals surface area contributed by atoms with Gasteiger partial charge in [0.2, 0.25) is 17.7 Å². The molecule has 27 heavy (non-hydrogen) atoms. The van der Waals surface area contributed by atoms with E-state index in [9.17, 15) is 14.4 Å². The molecule has 2 fully saturated rings. The number of allylic oxidation sites excluding steroid dienone is 2. The Morgan fingerprint density at radius 2 is 1.78 bits per heavy atom. The number of imide groups is 1. The third-order valence-electron chi connectivity index (χ3n) is 5.95. The van der Waals surface area contributed by atoms with Gasteiger partial charge in [-0.25, -0.2) is 0 Å². The Bertz CT molecular complexity index is 669. The molecule has 0 aromatic heterocycles. The zero-order chi connectivity index (χ0) is 19.8. The minimum atomic E-state index is -0.586. The van der Waals surface area contributed by atoms with Crippen LogP contribution in [0.2, 0.25) is 0 Å². The quantitative estimate of drug-likeness (QED) is 0.257. The summed E-state index contributed by atoms with van der Waals surface area (Å²) in [5.41, 5.74) is -0.586. The van der Waals surface area contributed by atoms with Crippen molar-refractivity contribution in [3.05, 3.63) is 12.2 Å². The van der Waals surface area contributed by atoms with Crippen LogP contribution in [-0.2, 0) is 14.4 Å². The van der Waals surface area contributed by atoms with Crippen molar-refractivity contribution >= 4 is 23.7 Å². The highest BCUT2D eigenvalue weighted by molar-refractivity contribution is 6.06. The van der Waals surface area contributed by atoms with Crippen molar-refractivity contribution < 1.29 is 14.4 Å². The van der Waals surface area contributed by atoms with Crippen molar-refractivity contribution in [3.63, 3.8) is 0 Å². The lowest BCUT2D eigenvalue weighted by molar-refractivity contribution is -0.140. The second-order valence-electron chi connectivity index (χ2n) is 8.14. The molecule has 3 N–H and O–H groups in total. The predicted octanol–water partition coefficient (Wildman–Crippen LogP) is -0.269. The van der Waals surface area contributed by atoms with Gasteiger partial charge >= 0.3 is 0 Å². The average molecular weight is 375 g/mol. The molecule has 4 atom stereocenters. The van der Waals surface area contributed by atoms with E-state index in [0.29, 0.717) is 25.6 Å². The summed E-state index contributed by atoms with van der Waals surface area (Å²) in [7, 11) is 3.25. The monoisotopic (exact) mass is 375 g/mol. The SMILES string of the molecule is CN=C(NCCN1C(=O)C2C3C=CC(C3)C2C1=O)NCC(C)(C)C(=O)NC. The van der Waals surface area contributed by atoms with E-state index in [1.165, 1.54) is 4.90 Å². The molecule has 3 rings (SSSR count). The van der Waals surface area contributed by atoms with E-state index in [4.69, 9.17) is 0 Å². The van der Waals surface area contributed by atoms with Crippen LogP contribution in [0.4, 0.5) is 0 Å². The first kappa shape index (κ1) is 19.4. The standard InChI is InChI=1S/C19H29N5O3/c1-19(2,17(27)20-3)10-23-18(21-4)22-7-8-24-15(25)13-11-5-6-12(9-11)14(13)16(24)26/h5-6,11-14H,7-10H2,1-4H3,(H,20,27)(H2,21,22,23). The number of hydrogen-bond acceptors (Lipinski definition) is 4. The largest absolute Gasteiger partial charge is 0.359 e. The first-order chi connectivity index (χ1) is 12.8. The molecule has 1 aliphatic heterocycles. The number of carbonyl (C=O) groups excluding carboxylic acids is 3. The minimum absolute atomic E-state index is 0.0349. The van der Waals surface area contributed by atoms with Gasteiger partial charge < -0.3 is 16.0 Å². The van der Waals surface area contributed by atoms with E-state index in [-0.39, 0.29) is 41.4 Å². The summed E-state index contributed by atoms with van der Waals surface area (Å²) in [6.45, 7) is 4.83. The second-order valence-corrected chi connectivity index (χ2v) is 8.14. The van der Waals surface area contributed by atoms with E-state index in [1.54, 1.807) is 14.1 Å². The molecule has 8 nitrogen and oxygen atoms in total. The van der Waals surface area contributed by atoms with E-state index < -0.39 is 5.41 Å². The fourth-order valence-electron chi connectivity index (χ4n) is 4.41. The van der Waals surface area contributed by atoms with Gasteiger partial charge in [-0.05, 0) is 32.1 Å². The molecule has 0 aromatic carbocycles. The Kier molecular flexibility index (Phi) is 5.26. The number of rotatable bonds is 6. The number of amides is 3. The highest BCUT2D eigenvalue weighted by Crippen LogP contribution is 2.52. The van der Waals surface area contributed by atoms with Crippen LogP contribution in [0.3, 0.4) is 0 Å². The summed E-state index contributed by atoms with van der Waals surface area (Å²) in [6, 6.07) is 0. The zero-order valence-electron chi connectivity index (χ0n) is 16.4. The molecule has 148 valence electrons. The molecule has 2 aliphatic carbocycles. The highest BCUT2D eigenvalue weighted by Gasteiger charge is 2.58. The molecule has 1 saturated carbocycles. The molecule has 0 spiro atoms. The van der Waals surface area contributed by atoms with Gasteiger partial charge in [-0.15, -0.1) is 0 Å². The third kappa shape index (κ3) is 3.44. The maximum Gasteiger partial charge on any atom is 0.233 e. The van der Waals surface area contributed by atoms with Crippen molar-refractivity contribution in [2.24, 2.45) is 34.1 Å². The molecule has 3 amide bonds. The van der Waals surface area contributed by atoms with Crippen LogP contribution in [0.5, 0.6) is 0 Å². The van der Waals surface area contributed by atoms with Crippen LogP contribution in [0.25, 0.3) is 0 Å². The number of guanidine groups is 1. The van der Waals surface area contributed by atoms with Crippen molar-refractivity contribution in [1.82, 2.24) is 20.9 Å². The van der Waals surface area contributed by atoms with Crippen LogP contribution >= 0.6 is 0 Å². The molecular weight excluding hydrogens is 346 g/mol. The van der Waals surface area contributed by atoms with Crippen molar-refractivity contribution in [3.8, 4) is 0 Å². The summed E-state index contributed by atoms with van der Waals surface area (Å²) in [5, 5.41) is 8.88. The predicted molar refractivity (Wildman–Crippen MR) is 102 cm³/mol. The van der Waals surface area contributed by atoms with Crippen LogP contribution in [0, 0.1) is 29.1 Å². The number of aliphatic imine (C=N–C) groups is 1. The van der Waals surface area contributed by atoms with Gasteiger partial charge in [0.1, 0.15) is 0 Å². The van der Waals surface area contributed by atoms with E-state index >= 15 is 0 Å². The Balaban J connectivity index is 1.49. The molecule has 1 saturated heterocycles.